The molecule has 0 saturated carbocycles. The van der Waals surface area contributed by atoms with Crippen LogP contribution in [-0.4, -0.2) is 29.3 Å². The number of hydrogen-bond acceptors (Lipinski definition) is 1. The number of benzene rings is 1. The van der Waals surface area contributed by atoms with Crippen LogP contribution in [0.15, 0.2) is 18.2 Å². The van der Waals surface area contributed by atoms with Crippen LogP contribution in [0.4, 0.5) is 4.39 Å². The molecule has 1 amide bonds. The minimum atomic E-state index is -0.307. The molecular weight excluding hydrogens is 265 g/mol. The van der Waals surface area contributed by atoms with Crippen molar-refractivity contribution in [3.63, 3.8) is 0 Å². The fourth-order valence-corrected chi connectivity index (χ4v) is 2.95. The van der Waals surface area contributed by atoms with Crippen molar-refractivity contribution in [3.8, 4) is 0 Å². The first-order valence-corrected chi connectivity index (χ1v) is 7.30. The molecule has 1 aliphatic heterocycles. The summed E-state index contributed by atoms with van der Waals surface area (Å²) >= 11 is 5.99. The van der Waals surface area contributed by atoms with Crippen LogP contribution in [0.2, 0.25) is 0 Å². The first-order chi connectivity index (χ1) is 9.13. The number of likely N-dealkylation sites (tertiary alicyclic amines) is 1. The van der Waals surface area contributed by atoms with Crippen molar-refractivity contribution in [2.24, 2.45) is 0 Å². The second-order valence-corrected chi connectivity index (χ2v) is 5.42. The summed E-state index contributed by atoms with van der Waals surface area (Å²) in [6.45, 7) is 2.51. The quantitative estimate of drug-likeness (QED) is 0.757. The molecule has 1 heterocycles. The summed E-state index contributed by atoms with van der Waals surface area (Å²) in [6, 6.07) is 4.42. The van der Waals surface area contributed by atoms with Gasteiger partial charge in [-0.2, -0.15) is 0 Å². The van der Waals surface area contributed by atoms with E-state index in [1.807, 2.05) is 4.90 Å². The highest BCUT2D eigenvalue weighted by Gasteiger charge is 2.26. The number of alkyl halides is 1. The second kappa shape index (κ2) is 6.38. The van der Waals surface area contributed by atoms with Gasteiger partial charge in [0.2, 0.25) is 0 Å². The molecule has 1 aromatic carbocycles. The molecule has 0 aromatic heterocycles. The lowest BCUT2D eigenvalue weighted by Crippen LogP contribution is -2.41. The number of aryl methyl sites for hydroxylation is 1. The van der Waals surface area contributed by atoms with Crippen LogP contribution in [0.25, 0.3) is 0 Å². The molecule has 1 unspecified atom stereocenters. The van der Waals surface area contributed by atoms with Crippen LogP contribution in [0, 0.1) is 12.7 Å². The fourth-order valence-electron chi connectivity index (χ4n) is 2.63. The van der Waals surface area contributed by atoms with Gasteiger partial charge in [-0.3, -0.25) is 4.79 Å². The SMILES string of the molecule is Cc1cc(F)ccc1C(=O)N1CCCCCC1CCl. The van der Waals surface area contributed by atoms with Gasteiger partial charge in [0.25, 0.3) is 5.91 Å². The predicted octanol–water partition coefficient (Wildman–Crippen LogP) is 3.76. The average Bonchev–Trinajstić information content (AvgIpc) is 2.63. The Hall–Kier alpha value is -1.09. The Morgan fingerprint density at radius 1 is 1.42 bits per heavy atom. The molecule has 1 aliphatic rings. The Balaban J connectivity index is 2.25. The third kappa shape index (κ3) is 3.27. The van der Waals surface area contributed by atoms with Crippen LogP contribution in [0.5, 0.6) is 0 Å². The van der Waals surface area contributed by atoms with Crippen molar-refractivity contribution in [3.05, 3.63) is 35.1 Å². The molecule has 1 fully saturated rings. The minimum absolute atomic E-state index is 0.0231. The second-order valence-electron chi connectivity index (χ2n) is 5.12. The van der Waals surface area contributed by atoms with E-state index in [0.717, 1.165) is 32.2 Å². The van der Waals surface area contributed by atoms with Crippen LogP contribution in [0.3, 0.4) is 0 Å². The number of amides is 1. The van der Waals surface area contributed by atoms with E-state index in [4.69, 9.17) is 11.6 Å². The van der Waals surface area contributed by atoms with Crippen molar-refractivity contribution in [1.29, 1.82) is 0 Å². The van der Waals surface area contributed by atoms with Gasteiger partial charge in [0.05, 0.1) is 0 Å². The third-order valence-corrected chi connectivity index (χ3v) is 4.09. The topological polar surface area (TPSA) is 20.3 Å². The van der Waals surface area contributed by atoms with E-state index in [0.29, 0.717) is 17.0 Å². The maximum Gasteiger partial charge on any atom is 0.254 e. The highest BCUT2D eigenvalue weighted by Crippen LogP contribution is 2.22. The number of rotatable bonds is 2. The molecule has 4 heteroatoms. The molecule has 2 rings (SSSR count). The molecule has 0 spiro atoms. The van der Waals surface area contributed by atoms with E-state index in [-0.39, 0.29) is 17.8 Å². The number of carbonyl (C=O) groups excluding carboxylic acids is 1. The van der Waals surface area contributed by atoms with E-state index in [9.17, 15) is 9.18 Å². The van der Waals surface area contributed by atoms with Gasteiger partial charge in [0, 0.05) is 24.0 Å². The van der Waals surface area contributed by atoms with Crippen LogP contribution in [0.1, 0.15) is 41.6 Å². The molecule has 1 atom stereocenters. The Labute approximate surface area is 118 Å². The van der Waals surface area contributed by atoms with Gasteiger partial charge in [-0.05, 0) is 43.5 Å². The monoisotopic (exact) mass is 283 g/mol. The smallest absolute Gasteiger partial charge is 0.254 e. The van der Waals surface area contributed by atoms with Gasteiger partial charge >= 0.3 is 0 Å². The number of nitrogens with zero attached hydrogens (tertiary/aromatic N) is 1. The lowest BCUT2D eigenvalue weighted by atomic mass is 10.1. The van der Waals surface area contributed by atoms with Gasteiger partial charge in [-0.1, -0.05) is 12.8 Å². The molecule has 0 N–H and O–H groups in total. The van der Waals surface area contributed by atoms with Gasteiger partial charge in [0.15, 0.2) is 0 Å². The van der Waals surface area contributed by atoms with Crippen molar-refractivity contribution < 1.29 is 9.18 Å². The Morgan fingerprint density at radius 2 is 2.21 bits per heavy atom. The molecular formula is C15H19ClFNO. The summed E-state index contributed by atoms with van der Waals surface area (Å²) in [4.78, 5) is 14.5. The first-order valence-electron chi connectivity index (χ1n) is 6.76. The predicted molar refractivity (Wildman–Crippen MR) is 75.1 cm³/mol. The minimum Gasteiger partial charge on any atom is -0.334 e. The van der Waals surface area contributed by atoms with Crippen molar-refractivity contribution >= 4 is 17.5 Å². The molecule has 104 valence electrons. The molecule has 1 aromatic rings. The van der Waals surface area contributed by atoms with Gasteiger partial charge < -0.3 is 4.90 Å². The normalized spacial score (nSPS) is 20.2. The standard InChI is InChI=1S/C15H19ClFNO/c1-11-9-12(17)6-7-14(11)15(19)18-8-4-2-3-5-13(18)10-16/h6-7,9,13H,2-5,8,10H2,1H3. The summed E-state index contributed by atoms with van der Waals surface area (Å²) in [6.07, 6.45) is 4.22. The maximum atomic E-state index is 13.1. The molecule has 0 bridgehead atoms. The molecule has 2 nitrogen and oxygen atoms in total. The number of halogens is 2. The summed E-state index contributed by atoms with van der Waals surface area (Å²) in [5, 5.41) is 0. The van der Waals surface area contributed by atoms with Gasteiger partial charge in [-0.25, -0.2) is 4.39 Å². The summed E-state index contributed by atoms with van der Waals surface area (Å²) in [5.74, 6) is 0.135. The Morgan fingerprint density at radius 3 is 2.89 bits per heavy atom. The third-order valence-electron chi connectivity index (χ3n) is 3.73. The molecule has 1 saturated heterocycles. The van der Waals surface area contributed by atoms with E-state index in [2.05, 4.69) is 0 Å². The van der Waals surface area contributed by atoms with E-state index >= 15 is 0 Å². The highest BCUT2D eigenvalue weighted by molar-refractivity contribution is 6.18. The summed E-state index contributed by atoms with van der Waals surface area (Å²) in [7, 11) is 0. The van der Waals surface area contributed by atoms with E-state index in [1.54, 1.807) is 13.0 Å². The van der Waals surface area contributed by atoms with Crippen LogP contribution >= 0.6 is 11.6 Å². The first kappa shape index (κ1) is 14.3. The highest BCUT2D eigenvalue weighted by atomic mass is 35.5. The zero-order valence-electron chi connectivity index (χ0n) is 11.2. The molecule has 0 radical (unpaired) electrons. The van der Waals surface area contributed by atoms with E-state index < -0.39 is 0 Å². The summed E-state index contributed by atoms with van der Waals surface area (Å²) in [5.41, 5.74) is 1.26. The van der Waals surface area contributed by atoms with Crippen LogP contribution in [-0.2, 0) is 0 Å². The van der Waals surface area contributed by atoms with Crippen molar-refractivity contribution in [1.82, 2.24) is 4.90 Å². The van der Waals surface area contributed by atoms with Gasteiger partial charge in [0.1, 0.15) is 5.82 Å². The van der Waals surface area contributed by atoms with E-state index in [1.165, 1.54) is 12.1 Å². The summed E-state index contributed by atoms with van der Waals surface area (Å²) < 4.78 is 13.1. The average molecular weight is 284 g/mol. The van der Waals surface area contributed by atoms with Crippen molar-refractivity contribution in [2.45, 2.75) is 38.6 Å². The largest absolute Gasteiger partial charge is 0.334 e. The van der Waals surface area contributed by atoms with Crippen molar-refractivity contribution in [2.75, 3.05) is 12.4 Å². The van der Waals surface area contributed by atoms with Crippen LogP contribution < -0.4 is 0 Å². The Kier molecular flexibility index (Phi) is 4.81. The molecule has 19 heavy (non-hydrogen) atoms. The fraction of sp³-hybridized carbons (Fsp3) is 0.533. The number of hydrogen-bond donors (Lipinski definition) is 0. The maximum absolute atomic E-state index is 13.1. The lowest BCUT2D eigenvalue weighted by molar-refractivity contribution is 0.0699. The lowest BCUT2D eigenvalue weighted by Gasteiger charge is -2.29. The zero-order valence-corrected chi connectivity index (χ0v) is 11.9. The number of carbonyl (C=O) groups is 1. The Bertz CT molecular complexity index is 463. The van der Waals surface area contributed by atoms with Gasteiger partial charge in [-0.15, -0.1) is 11.6 Å². The molecule has 0 aliphatic carbocycles. The zero-order chi connectivity index (χ0) is 13.8.